The van der Waals surface area contributed by atoms with Crippen molar-refractivity contribution >= 4 is 23.3 Å². The summed E-state index contributed by atoms with van der Waals surface area (Å²) in [4.78, 5) is 20.2. The van der Waals surface area contributed by atoms with Crippen molar-refractivity contribution in [3.63, 3.8) is 0 Å². The maximum absolute atomic E-state index is 14.4. The molecule has 1 N–H and O–H groups in total. The van der Waals surface area contributed by atoms with E-state index in [1.165, 1.54) is 6.07 Å². The van der Waals surface area contributed by atoms with Gasteiger partial charge < -0.3 is 5.11 Å². The van der Waals surface area contributed by atoms with E-state index in [2.05, 4.69) is 9.98 Å². The molecule has 5 nitrogen and oxygen atoms in total. The van der Waals surface area contributed by atoms with Gasteiger partial charge in [-0.2, -0.15) is 0 Å². The van der Waals surface area contributed by atoms with Crippen molar-refractivity contribution in [3.05, 3.63) is 82.7 Å². The Balaban J connectivity index is 2.08. The molecule has 0 spiro atoms. The van der Waals surface area contributed by atoms with Crippen LogP contribution in [0.4, 0.5) is 4.39 Å². The largest absolute Gasteiger partial charge is 0.476 e. The Kier molecular flexibility index (Phi) is 3.85. The second-order valence-corrected chi connectivity index (χ2v) is 6.26. The monoisotopic (exact) mass is 369 g/mol. The van der Waals surface area contributed by atoms with E-state index in [0.717, 1.165) is 0 Å². The van der Waals surface area contributed by atoms with Gasteiger partial charge in [0, 0.05) is 11.1 Å². The van der Waals surface area contributed by atoms with E-state index in [4.69, 9.17) is 11.6 Å². The highest BCUT2D eigenvalue weighted by Crippen LogP contribution is 2.36. The Hall–Kier alpha value is -2.99. The Morgan fingerprint density at radius 2 is 1.81 bits per heavy atom. The van der Waals surface area contributed by atoms with Crippen LogP contribution in [0.3, 0.4) is 0 Å². The highest BCUT2D eigenvalue weighted by Gasteiger charge is 2.31. The van der Waals surface area contributed by atoms with Gasteiger partial charge in [0.25, 0.3) is 0 Å². The van der Waals surface area contributed by atoms with Crippen molar-refractivity contribution in [3.8, 4) is 5.69 Å². The predicted molar refractivity (Wildman–Crippen MR) is 95.9 cm³/mol. The molecule has 7 heteroatoms. The van der Waals surface area contributed by atoms with Gasteiger partial charge in [0.1, 0.15) is 11.6 Å². The number of rotatable bonds is 2. The minimum Gasteiger partial charge on any atom is -0.476 e. The molecule has 1 atom stereocenters. The molecule has 0 saturated carbocycles. The molecule has 0 saturated heterocycles. The lowest BCUT2D eigenvalue weighted by Gasteiger charge is -2.13. The number of hydrogen-bond donors (Lipinski definition) is 1. The average Bonchev–Trinajstić information content (AvgIpc) is 2.91. The third-order valence-electron chi connectivity index (χ3n) is 4.28. The summed E-state index contributed by atoms with van der Waals surface area (Å²) < 4.78 is 16.1. The highest BCUT2D eigenvalue weighted by atomic mass is 35.5. The molecule has 1 unspecified atom stereocenters. The molecule has 130 valence electrons. The van der Waals surface area contributed by atoms with E-state index in [-0.39, 0.29) is 11.4 Å². The number of fused-ring (bicyclic) bond motifs is 3. The molecule has 3 aromatic rings. The molecule has 1 aliphatic heterocycles. The normalized spacial score (nSPS) is 15.7. The van der Waals surface area contributed by atoms with Gasteiger partial charge >= 0.3 is 5.97 Å². The number of alkyl halides is 1. The standard InChI is InChI=1S/C19H13ClFN3O2/c1-10-22-16(19(25)26)17-18(20)23-15(11-6-2-4-8-13(11)21)12-7-3-5-9-14(12)24(10)17/h2-9,18H,1H3,(H,25,26). The lowest BCUT2D eigenvalue weighted by molar-refractivity contribution is 0.0689. The van der Waals surface area contributed by atoms with Crippen molar-refractivity contribution in [1.82, 2.24) is 9.55 Å². The fourth-order valence-electron chi connectivity index (χ4n) is 3.21. The number of halogens is 2. The molecule has 0 amide bonds. The van der Waals surface area contributed by atoms with E-state index in [9.17, 15) is 14.3 Å². The number of benzene rings is 2. The summed E-state index contributed by atoms with van der Waals surface area (Å²) in [6, 6.07) is 13.5. The molecule has 0 aliphatic carbocycles. The molecule has 1 aliphatic rings. The zero-order valence-electron chi connectivity index (χ0n) is 13.6. The molecule has 0 fully saturated rings. The highest BCUT2D eigenvalue weighted by molar-refractivity contribution is 6.24. The number of carbonyl (C=O) groups is 1. The van der Waals surface area contributed by atoms with Crippen LogP contribution in [0.25, 0.3) is 5.69 Å². The third kappa shape index (κ3) is 2.42. The van der Waals surface area contributed by atoms with Gasteiger partial charge in [0.05, 0.1) is 17.1 Å². The van der Waals surface area contributed by atoms with Gasteiger partial charge in [-0.15, -0.1) is 0 Å². The molecule has 26 heavy (non-hydrogen) atoms. The van der Waals surface area contributed by atoms with Gasteiger partial charge in [-0.3, -0.25) is 9.56 Å². The predicted octanol–water partition coefficient (Wildman–Crippen LogP) is 4.11. The number of carboxylic acids is 1. The van der Waals surface area contributed by atoms with Crippen LogP contribution in [0.2, 0.25) is 0 Å². The number of imidazole rings is 1. The number of carboxylic acid groups (broad SMARTS) is 1. The summed E-state index contributed by atoms with van der Waals surface area (Å²) in [5.41, 5.74) is 1.07. The van der Waals surface area contributed by atoms with Crippen molar-refractivity contribution in [2.75, 3.05) is 0 Å². The quantitative estimate of drug-likeness (QED) is 0.546. The number of aromatic nitrogens is 2. The Morgan fingerprint density at radius 1 is 1.15 bits per heavy atom. The van der Waals surface area contributed by atoms with Gasteiger partial charge in [0.2, 0.25) is 0 Å². The van der Waals surface area contributed by atoms with E-state index in [1.807, 2.05) is 18.2 Å². The van der Waals surface area contributed by atoms with Crippen LogP contribution in [0, 0.1) is 12.7 Å². The first kappa shape index (κ1) is 16.5. The first-order valence-electron chi connectivity index (χ1n) is 7.88. The van der Waals surface area contributed by atoms with Gasteiger partial charge in [-0.25, -0.2) is 14.2 Å². The lowest BCUT2D eigenvalue weighted by atomic mass is 10.00. The van der Waals surface area contributed by atoms with Crippen LogP contribution >= 0.6 is 11.6 Å². The Labute approximate surface area is 153 Å². The first-order chi connectivity index (χ1) is 12.5. The van der Waals surface area contributed by atoms with Crippen LogP contribution in [0.15, 0.2) is 53.5 Å². The number of para-hydroxylation sites is 1. The Bertz CT molecular complexity index is 1070. The van der Waals surface area contributed by atoms with Crippen molar-refractivity contribution in [1.29, 1.82) is 0 Å². The SMILES string of the molecule is Cc1nc(C(=O)O)c2n1-c1ccccc1C(c1ccccc1F)=NC2Cl. The topological polar surface area (TPSA) is 67.5 Å². The second kappa shape index (κ2) is 6.07. The molecule has 4 rings (SSSR count). The van der Waals surface area contributed by atoms with E-state index in [1.54, 1.807) is 35.8 Å². The summed E-state index contributed by atoms with van der Waals surface area (Å²) in [6.45, 7) is 1.70. The van der Waals surface area contributed by atoms with Gasteiger partial charge in [0.15, 0.2) is 11.2 Å². The summed E-state index contributed by atoms with van der Waals surface area (Å²) in [5.74, 6) is -1.14. The van der Waals surface area contributed by atoms with Crippen LogP contribution in [0.5, 0.6) is 0 Å². The third-order valence-corrected chi connectivity index (χ3v) is 4.58. The summed E-state index contributed by atoms with van der Waals surface area (Å²) in [7, 11) is 0. The summed E-state index contributed by atoms with van der Waals surface area (Å²) in [6.07, 6.45) is 0. The molecule has 0 radical (unpaired) electrons. The molecule has 2 heterocycles. The van der Waals surface area contributed by atoms with Gasteiger partial charge in [-0.05, 0) is 25.1 Å². The van der Waals surface area contributed by atoms with E-state index < -0.39 is 17.3 Å². The molecule has 2 aromatic carbocycles. The fourth-order valence-corrected chi connectivity index (χ4v) is 3.51. The zero-order valence-corrected chi connectivity index (χ0v) is 14.4. The summed E-state index contributed by atoms with van der Waals surface area (Å²) >= 11 is 6.47. The number of nitrogens with zero attached hydrogens (tertiary/aromatic N) is 3. The van der Waals surface area contributed by atoms with Crippen LogP contribution in [0.1, 0.15) is 38.6 Å². The molecule has 0 bridgehead atoms. The average molecular weight is 370 g/mol. The Morgan fingerprint density at radius 3 is 2.50 bits per heavy atom. The zero-order chi connectivity index (χ0) is 18.4. The lowest BCUT2D eigenvalue weighted by Crippen LogP contribution is -2.09. The molecular formula is C19H13ClFN3O2. The minimum absolute atomic E-state index is 0.157. The van der Waals surface area contributed by atoms with Crippen LogP contribution in [-0.4, -0.2) is 26.3 Å². The number of aromatic carboxylic acids is 1. The maximum atomic E-state index is 14.4. The van der Waals surface area contributed by atoms with E-state index >= 15 is 0 Å². The second-order valence-electron chi connectivity index (χ2n) is 5.84. The number of hydrogen-bond acceptors (Lipinski definition) is 3. The van der Waals surface area contributed by atoms with Crippen molar-refractivity contribution in [2.45, 2.75) is 12.4 Å². The number of aliphatic imine (C=N–C) groups is 1. The van der Waals surface area contributed by atoms with Crippen molar-refractivity contribution < 1.29 is 14.3 Å². The van der Waals surface area contributed by atoms with Crippen LogP contribution < -0.4 is 0 Å². The smallest absolute Gasteiger partial charge is 0.356 e. The van der Waals surface area contributed by atoms with E-state index in [0.29, 0.717) is 28.4 Å². The van der Waals surface area contributed by atoms with Crippen molar-refractivity contribution in [2.24, 2.45) is 4.99 Å². The first-order valence-corrected chi connectivity index (χ1v) is 8.31. The molecule has 1 aromatic heterocycles. The van der Waals surface area contributed by atoms with Gasteiger partial charge in [-0.1, -0.05) is 41.9 Å². The maximum Gasteiger partial charge on any atom is 0.356 e. The number of aryl methyl sites for hydroxylation is 1. The summed E-state index contributed by atoms with van der Waals surface area (Å²) in [5, 5.41) is 9.50. The molecular weight excluding hydrogens is 357 g/mol. The van der Waals surface area contributed by atoms with Crippen LogP contribution in [-0.2, 0) is 0 Å². The minimum atomic E-state index is -1.19. The fraction of sp³-hybridized carbons (Fsp3) is 0.105.